The van der Waals surface area contributed by atoms with Crippen LogP contribution in [-0.4, -0.2) is 17.4 Å². The number of fused-ring (bicyclic) bond motifs is 1. The predicted octanol–water partition coefficient (Wildman–Crippen LogP) is 10.4. The summed E-state index contributed by atoms with van der Waals surface area (Å²) >= 11 is 0. The van der Waals surface area contributed by atoms with E-state index in [0.717, 1.165) is 90.0 Å². The molecule has 1 aromatic carbocycles. The predicted molar refractivity (Wildman–Crippen MR) is 179 cm³/mol. The molecule has 43 heavy (non-hydrogen) atoms. The maximum atomic E-state index is 13.1. The van der Waals surface area contributed by atoms with E-state index in [0.29, 0.717) is 18.6 Å². The van der Waals surface area contributed by atoms with Crippen molar-refractivity contribution in [1.82, 2.24) is 0 Å². The van der Waals surface area contributed by atoms with Crippen LogP contribution in [0.4, 0.5) is 0 Å². The first kappa shape index (κ1) is 34.6. The van der Waals surface area contributed by atoms with Gasteiger partial charge < -0.3 is 9.47 Å². The molecule has 0 bridgehead atoms. The zero-order valence-electron chi connectivity index (χ0n) is 28.5. The van der Waals surface area contributed by atoms with E-state index in [2.05, 4.69) is 60.3 Å². The summed E-state index contributed by atoms with van der Waals surface area (Å²) in [4.78, 5) is 25.8. The summed E-state index contributed by atoms with van der Waals surface area (Å²) in [6.07, 6.45) is 17.2. The first-order valence-corrected chi connectivity index (χ1v) is 16.5. The number of hydrogen-bond donors (Lipinski definition) is 0. The molecule has 3 rings (SSSR count). The second-order valence-corrected chi connectivity index (χ2v) is 13.9. The van der Waals surface area contributed by atoms with Crippen LogP contribution in [0.2, 0.25) is 0 Å². The van der Waals surface area contributed by atoms with Crippen molar-refractivity contribution in [3.8, 4) is 11.5 Å². The smallest absolute Gasteiger partial charge is 0.322 e. The molecule has 0 fully saturated rings. The third kappa shape index (κ3) is 9.30. The van der Waals surface area contributed by atoms with Gasteiger partial charge >= 0.3 is 5.97 Å². The lowest BCUT2D eigenvalue weighted by atomic mass is 9.84. The van der Waals surface area contributed by atoms with Crippen LogP contribution in [0.5, 0.6) is 11.5 Å². The highest BCUT2D eigenvalue weighted by molar-refractivity contribution is 6.06. The monoisotopic (exact) mass is 588 g/mol. The molecule has 1 heterocycles. The van der Waals surface area contributed by atoms with E-state index in [-0.39, 0.29) is 11.4 Å². The van der Waals surface area contributed by atoms with Crippen LogP contribution >= 0.6 is 0 Å². The zero-order valence-corrected chi connectivity index (χ0v) is 28.5. The molecule has 1 aromatic rings. The average molecular weight is 589 g/mol. The molecule has 2 atom stereocenters. The molecule has 0 amide bonds. The SMILES string of the molecule is C=C(C)C1=CC(=O)C(C(=O)Oc2c(C)c(C)c3c(c2C)CCC(C)(CCCC(C)=CCCC(C)=CCCC(C)C)O3)CC1. The molecule has 2 unspecified atom stereocenters. The van der Waals surface area contributed by atoms with Crippen LogP contribution in [0.3, 0.4) is 0 Å². The molecule has 236 valence electrons. The highest BCUT2D eigenvalue weighted by Crippen LogP contribution is 2.45. The van der Waals surface area contributed by atoms with Gasteiger partial charge in [-0.05, 0) is 153 Å². The minimum Gasteiger partial charge on any atom is -0.487 e. The van der Waals surface area contributed by atoms with Crippen molar-refractivity contribution in [3.05, 3.63) is 69.4 Å². The summed E-state index contributed by atoms with van der Waals surface area (Å²) in [5, 5.41) is 0. The highest BCUT2D eigenvalue weighted by Gasteiger charge is 2.36. The number of allylic oxidation sites excluding steroid dienone is 7. The number of carbonyl (C=O) groups is 2. The van der Waals surface area contributed by atoms with E-state index >= 15 is 0 Å². The van der Waals surface area contributed by atoms with Crippen molar-refractivity contribution in [2.45, 2.75) is 139 Å². The Balaban J connectivity index is 1.60. The number of esters is 1. The van der Waals surface area contributed by atoms with Crippen LogP contribution in [0, 0.1) is 32.6 Å². The van der Waals surface area contributed by atoms with Gasteiger partial charge in [0.1, 0.15) is 23.0 Å². The first-order valence-electron chi connectivity index (χ1n) is 16.5. The third-order valence-electron chi connectivity index (χ3n) is 9.51. The second kappa shape index (κ2) is 15.2. The van der Waals surface area contributed by atoms with Crippen molar-refractivity contribution in [1.29, 1.82) is 0 Å². The summed E-state index contributed by atoms with van der Waals surface area (Å²) in [5.41, 5.74) is 8.54. The van der Waals surface area contributed by atoms with E-state index in [1.807, 2.05) is 20.8 Å². The Morgan fingerprint density at radius 2 is 1.72 bits per heavy atom. The Morgan fingerprint density at radius 1 is 1.05 bits per heavy atom. The molecular formula is C39H56O4. The van der Waals surface area contributed by atoms with Gasteiger partial charge in [0, 0.05) is 5.56 Å². The second-order valence-electron chi connectivity index (χ2n) is 13.9. The normalized spacial score (nSPS) is 20.9. The van der Waals surface area contributed by atoms with E-state index in [4.69, 9.17) is 9.47 Å². The number of carbonyl (C=O) groups excluding carboxylic acids is 2. The van der Waals surface area contributed by atoms with Crippen LogP contribution in [-0.2, 0) is 16.0 Å². The largest absolute Gasteiger partial charge is 0.487 e. The fraction of sp³-hybridized carbons (Fsp3) is 0.590. The van der Waals surface area contributed by atoms with E-state index in [1.54, 1.807) is 6.08 Å². The Kier molecular flexibility index (Phi) is 12.2. The van der Waals surface area contributed by atoms with Gasteiger partial charge in [0.05, 0.1) is 0 Å². The Hall–Kier alpha value is -2.88. The van der Waals surface area contributed by atoms with Gasteiger partial charge in [-0.1, -0.05) is 49.3 Å². The fourth-order valence-electron chi connectivity index (χ4n) is 6.29. The molecule has 1 aliphatic heterocycles. The lowest BCUT2D eigenvalue weighted by molar-refractivity contribution is -0.143. The first-order chi connectivity index (χ1) is 20.2. The summed E-state index contributed by atoms with van der Waals surface area (Å²) in [6.45, 7) is 23.2. The Morgan fingerprint density at radius 3 is 2.37 bits per heavy atom. The van der Waals surface area contributed by atoms with Gasteiger partial charge in [0.15, 0.2) is 5.78 Å². The minimum absolute atomic E-state index is 0.188. The van der Waals surface area contributed by atoms with Crippen molar-refractivity contribution in [2.75, 3.05) is 0 Å². The summed E-state index contributed by atoms with van der Waals surface area (Å²) in [6, 6.07) is 0. The quantitative estimate of drug-likeness (QED) is 0.0995. The van der Waals surface area contributed by atoms with Gasteiger partial charge in [0.2, 0.25) is 0 Å². The lowest BCUT2D eigenvalue weighted by Gasteiger charge is -2.38. The molecule has 4 nitrogen and oxygen atoms in total. The maximum absolute atomic E-state index is 13.1. The molecule has 4 heteroatoms. The summed E-state index contributed by atoms with van der Waals surface area (Å²) < 4.78 is 12.7. The van der Waals surface area contributed by atoms with Gasteiger partial charge in [-0.3, -0.25) is 9.59 Å². The molecule has 0 spiro atoms. The van der Waals surface area contributed by atoms with Gasteiger partial charge in [-0.25, -0.2) is 0 Å². The molecule has 2 aliphatic rings. The van der Waals surface area contributed by atoms with Crippen molar-refractivity contribution in [2.24, 2.45) is 11.8 Å². The van der Waals surface area contributed by atoms with Crippen molar-refractivity contribution in [3.63, 3.8) is 0 Å². The molecule has 0 aromatic heterocycles. The van der Waals surface area contributed by atoms with Crippen LogP contribution in [0.1, 0.15) is 128 Å². The number of rotatable bonds is 13. The van der Waals surface area contributed by atoms with Gasteiger partial charge in [0.25, 0.3) is 0 Å². The number of ketones is 1. The van der Waals surface area contributed by atoms with Gasteiger partial charge in [-0.15, -0.1) is 0 Å². The number of hydrogen-bond acceptors (Lipinski definition) is 4. The summed E-state index contributed by atoms with van der Waals surface area (Å²) in [5.74, 6) is 0.884. The molecule has 0 saturated carbocycles. The standard InChI is InChI=1S/C39H56O4/c1-25(2)14-11-15-27(5)16-12-17-28(6)18-13-22-39(10)23-21-33-31(9)36(29(7)30(8)37(33)43-39)42-38(41)34-20-19-32(26(3)4)24-35(34)40/h15,17,24-25,34H,3,11-14,16,18-23H2,1-2,4-10H3. The van der Waals surface area contributed by atoms with E-state index in [1.165, 1.54) is 24.0 Å². The average Bonchev–Trinajstić information content (AvgIpc) is 2.93. The van der Waals surface area contributed by atoms with E-state index in [9.17, 15) is 9.59 Å². The van der Waals surface area contributed by atoms with Crippen LogP contribution in [0.15, 0.2) is 47.1 Å². The molecule has 0 N–H and O–H groups in total. The Labute approximate surface area is 261 Å². The summed E-state index contributed by atoms with van der Waals surface area (Å²) in [7, 11) is 0. The maximum Gasteiger partial charge on any atom is 0.322 e. The highest BCUT2D eigenvalue weighted by atomic mass is 16.5. The zero-order chi connectivity index (χ0) is 31.9. The third-order valence-corrected chi connectivity index (χ3v) is 9.51. The lowest BCUT2D eigenvalue weighted by Crippen LogP contribution is -2.37. The minimum atomic E-state index is -0.759. The Bertz CT molecular complexity index is 1300. The number of ether oxygens (including phenoxy) is 2. The molecule has 0 radical (unpaired) electrons. The molecule has 1 aliphatic carbocycles. The van der Waals surface area contributed by atoms with Crippen LogP contribution in [0.25, 0.3) is 0 Å². The fourth-order valence-corrected chi connectivity index (χ4v) is 6.29. The topological polar surface area (TPSA) is 52.6 Å². The molecular weight excluding hydrogens is 532 g/mol. The van der Waals surface area contributed by atoms with E-state index < -0.39 is 11.9 Å². The van der Waals surface area contributed by atoms with Crippen molar-refractivity contribution >= 4 is 11.8 Å². The molecule has 0 saturated heterocycles. The van der Waals surface area contributed by atoms with Gasteiger partial charge in [-0.2, -0.15) is 0 Å². The van der Waals surface area contributed by atoms with Crippen molar-refractivity contribution < 1.29 is 19.1 Å². The number of benzene rings is 1. The van der Waals surface area contributed by atoms with Crippen LogP contribution < -0.4 is 9.47 Å².